The number of aromatic nitrogens is 2. The van der Waals surface area contributed by atoms with Crippen molar-refractivity contribution in [3.05, 3.63) is 101 Å². The number of para-hydroxylation sites is 1. The molecule has 1 N–H and O–H groups in total. The van der Waals surface area contributed by atoms with E-state index in [9.17, 15) is 4.79 Å². The maximum atomic E-state index is 12.5. The lowest BCUT2D eigenvalue weighted by atomic mass is 10.1. The molecule has 0 bridgehead atoms. The number of ether oxygens (including phenoxy) is 2. The first-order valence-electron chi connectivity index (χ1n) is 10.6. The van der Waals surface area contributed by atoms with E-state index in [1.54, 1.807) is 6.07 Å². The third-order valence-electron chi connectivity index (χ3n) is 5.39. The fourth-order valence-corrected chi connectivity index (χ4v) is 3.84. The molecule has 5 nitrogen and oxygen atoms in total. The number of hydrogen-bond donors (Lipinski definition) is 1. The number of hydrogen-bond acceptors (Lipinski definition) is 4. The molecular formula is C27H22N2O3. The van der Waals surface area contributed by atoms with E-state index in [4.69, 9.17) is 9.47 Å². The molecular weight excluding hydrogens is 400 g/mol. The Morgan fingerprint density at radius 1 is 0.812 bits per heavy atom. The van der Waals surface area contributed by atoms with Crippen molar-refractivity contribution in [3.8, 4) is 22.9 Å². The molecule has 0 aliphatic heterocycles. The number of rotatable bonds is 6. The summed E-state index contributed by atoms with van der Waals surface area (Å²) in [5, 5.41) is 2.92. The molecule has 1 aromatic heterocycles. The van der Waals surface area contributed by atoms with Crippen LogP contribution in [-0.4, -0.2) is 16.6 Å². The lowest BCUT2D eigenvalue weighted by Gasteiger charge is -2.14. The fraction of sp³-hybridized carbons (Fsp3) is 0.111. The highest BCUT2D eigenvalue weighted by molar-refractivity contribution is 5.85. The molecule has 0 radical (unpaired) electrons. The third-order valence-corrected chi connectivity index (χ3v) is 5.39. The standard InChI is InChI=1S/C27H22N2O3/c1-2-31-25-16-19(26-28-23-13-6-5-12-22(23)27(30)29-26)14-15-24(25)32-17-20-10-7-9-18-8-3-4-11-21(18)20/h3-16H,2,17H2,1H3,(H,28,29,30). The Balaban J connectivity index is 1.47. The van der Waals surface area contributed by atoms with Crippen LogP contribution in [0.25, 0.3) is 33.1 Å². The molecule has 0 saturated carbocycles. The van der Waals surface area contributed by atoms with Crippen LogP contribution in [0.3, 0.4) is 0 Å². The van der Waals surface area contributed by atoms with Gasteiger partial charge in [0.1, 0.15) is 12.4 Å². The molecule has 0 saturated heterocycles. The molecule has 4 aromatic carbocycles. The molecule has 0 aliphatic carbocycles. The lowest BCUT2D eigenvalue weighted by Crippen LogP contribution is -2.09. The van der Waals surface area contributed by atoms with Crippen molar-refractivity contribution < 1.29 is 9.47 Å². The van der Waals surface area contributed by atoms with Crippen LogP contribution in [-0.2, 0) is 6.61 Å². The molecule has 0 amide bonds. The highest BCUT2D eigenvalue weighted by atomic mass is 16.5. The summed E-state index contributed by atoms with van der Waals surface area (Å²) in [6.07, 6.45) is 0. The maximum Gasteiger partial charge on any atom is 0.259 e. The normalized spacial score (nSPS) is 11.0. The number of fused-ring (bicyclic) bond motifs is 2. The van der Waals surface area contributed by atoms with Crippen molar-refractivity contribution in [1.29, 1.82) is 0 Å². The summed E-state index contributed by atoms with van der Waals surface area (Å²) in [7, 11) is 0. The van der Waals surface area contributed by atoms with Gasteiger partial charge in [0.2, 0.25) is 0 Å². The second kappa shape index (κ2) is 8.55. The SMILES string of the molecule is CCOc1cc(-c2nc3ccccc3c(=O)[nH]2)ccc1OCc1cccc2ccccc12. The van der Waals surface area contributed by atoms with Crippen LogP contribution in [0.4, 0.5) is 0 Å². The Hall–Kier alpha value is -4.12. The van der Waals surface area contributed by atoms with Crippen LogP contribution in [0.2, 0.25) is 0 Å². The zero-order valence-electron chi connectivity index (χ0n) is 17.7. The average Bonchev–Trinajstić information content (AvgIpc) is 2.83. The van der Waals surface area contributed by atoms with E-state index in [1.807, 2.05) is 61.5 Å². The van der Waals surface area contributed by atoms with Crippen LogP contribution >= 0.6 is 0 Å². The molecule has 0 unspecified atom stereocenters. The minimum Gasteiger partial charge on any atom is -0.490 e. The third kappa shape index (κ3) is 3.81. The van der Waals surface area contributed by atoms with E-state index >= 15 is 0 Å². The number of nitrogens with one attached hydrogen (secondary N) is 1. The van der Waals surface area contributed by atoms with Gasteiger partial charge in [-0.3, -0.25) is 4.79 Å². The molecule has 5 rings (SSSR count). The predicted molar refractivity (Wildman–Crippen MR) is 127 cm³/mol. The van der Waals surface area contributed by atoms with Crippen molar-refractivity contribution in [2.75, 3.05) is 6.61 Å². The smallest absolute Gasteiger partial charge is 0.259 e. The van der Waals surface area contributed by atoms with E-state index in [-0.39, 0.29) is 5.56 Å². The van der Waals surface area contributed by atoms with Gasteiger partial charge in [-0.2, -0.15) is 0 Å². The summed E-state index contributed by atoms with van der Waals surface area (Å²) >= 11 is 0. The topological polar surface area (TPSA) is 64.2 Å². The molecule has 1 heterocycles. The Morgan fingerprint density at radius 2 is 1.59 bits per heavy atom. The van der Waals surface area contributed by atoms with Crippen molar-refractivity contribution in [2.24, 2.45) is 0 Å². The van der Waals surface area contributed by atoms with Gasteiger partial charge in [-0.1, -0.05) is 54.6 Å². The van der Waals surface area contributed by atoms with Gasteiger partial charge in [-0.25, -0.2) is 4.98 Å². The van der Waals surface area contributed by atoms with Crippen molar-refractivity contribution in [2.45, 2.75) is 13.5 Å². The Bertz CT molecular complexity index is 1470. The first-order valence-corrected chi connectivity index (χ1v) is 10.6. The minimum absolute atomic E-state index is 0.167. The fourth-order valence-electron chi connectivity index (χ4n) is 3.84. The van der Waals surface area contributed by atoms with Gasteiger partial charge in [-0.15, -0.1) is 0 Å². The highest BCUT2D eigenvalue weighted by Crippen LogP contribution is 2.33. The van der Waals surface area contributed by atoms with Crippen LogP contribution in [0.15, 0.2) is 89.7 Å². The van der Waals surface area contributed by atoms with E-state index in [0.29, 0.717) is 41.4 Å². The molecule has 5 heteroatoms. The lowest BCUT2D eigenvalue weighted by molar-refractivity contribution is 0.270. The molecule has 5 aromatic rings. The summed E-state index contributed by atoms with van der Waals surface area (Å²) in [5.74, 6) is 1.75. The van der Waals surface area contributed by atoms with E-state index in [2.05, 4.69) is 34.2 Å². The van der Waals surface area contributed by atoms with Gasteiger partial charge in [0.25, 0.3) is 5.56 Å². The number of benzene rings is 4. The summed E-state index contributed by atoms with van der Waals surface area (Å²) < 4.78 is 12.0. The number of nitrogens with zero attached hydrogens (tertiary/aromatic N) is 1. The molecule has 32 heavy (non-hydrogen) atoms. The molecule has 158 valence electrons. The molecule has 0 atom stereocenters. The zero-order valence-corrected chi connectivity index (χ0v) is 17.7. The molecule has 0 aliphatic rings. The van der Waals surface area contributed by atoms with Crippen molar-refractivity contribution in [1.82, 2.24) is 9.97 Å². The number of aromatic amines is 1. The predicted octanol–water partition coefficient (Wildman–Crippen LogP) is 5.72. The average molecular weight is 422 g/mol. The highest BCUT2D eigenvalue weighted by Gasteiger charge is 2.12. The molecule has 0 fully saturated rings. The first kappa shape index (κ1) is 19.8. The number of H-pyrrole nitrogens is 1. The summed E-state index contributed by atoms with van der Waals surface area (Å²) in [4.78, 5) is 19.9. The Kier molecular flexibility index (Phi) is 5.30. The Labute approximate surface area is 185 Å². The summed E-state index contributed by atoms with van der Waals surface area (Å²) in [5.41, 5.74) is 2.35. The molecule has 0 spiro atoms. The summed E-state index contributed by atoms with van der Waals surface area (Å²) in [6.45, 7) is 2.85. The first-order chi connectivity index (χ1) is 15.7. The second-order valence-electron chi connectivity index (χ2n) is 7.45. The Morgan fingerprint density at radius 3 is 2.47 bits per heavy atom. The van der Waals surface area contributed by atoms with Crippen molar-refractivity contribution >= 4 is 21.7 Å². The van der Waals surface area contributed by atoms with Gasteiger partial charge in [0, 0.05) is 5.56 Å². The van der Waals surface area contributed by atoms with E-state index in [1.165, 1.54) is 10.8 Å². The summed E-state index contributed by atoms with van der Waals surface area (Å²) in [6, 6.07) is 27.4. The van der Waals surface area contributed by atoms with Gasteiger partial charge < -0.3 is 14.5 Å². The zero-order chi connectivity index (χ0) is 21.9. The monoisotopic (exact) mass is 422 g/mol. The largest absolute Gasteiger partial charge is 0.490 e. The maximum absolute atomic E-state index is 12.5. The van der Waals surface area contributed by atoms with Gasteiger partial charge >= 0.3 is 0 Å². The van der Waals surface area contributed by atoms with Crippen LogP contribution < -0.4 is 15.0 Å². The van der Waals surface area contributed by atoms with Gasteiger partial charge in [0.05, 0.1) is 17.5 Å². The van der Waals surface area contributed by atoms with E-state index in [0.717, 1.165) is 11.1 Å². The van der Waals surface area contributed by atoms with Crippen molar-refractivity contribution in [3.63, 3.8) is 0 Å². The van der Waals surface area contributed by atoms with Gasteiger partial charge in [-0.05, 0) is 53.6 Å². The van der Waals surface area contributed by atoms with Crippen LogP contribution in [0, 0.1) is 0 Å². The quantitative estimate of drug-likeness (QED) is 0.380. The van der Waals surface area contributed by atoms with Crippen LogP contribution in [0.5, 0.6) is 11.5 Å². The van der Waals surface area contributed by atoms with Gasteiger partial charge in [0.15, 0.2) is 11.5 Å². The second-order valence-corrected chi connectivity index (χ2v) is 7.45. The van der Waals surface area contributed by atoms with Crippen LogP contribution in [0.1, 0.15) is 12.5 Å². The van der Waals surface area contributed by atoms with E-state index < -0.39 is 0 Å². The minimum atomic E-state index is -0.167.